The summed E-state index contributed by atoms with van der Waals surface area (Å²) in [6, 6.07) is 6.47. The number of hydrogen-bond donors (Lipinski definition) is 2. The molecule has 0 spiro atoms. The molecular formula is C18H24N2O5. The standard InChI is InChI=1S/C18H24N2O5/c1-12-6-2-4-8-14(12)20-16(21)10-25-17(22)11-24-15-9-5-3-7-13(15)18(19)23/h3,5,7,9,12,14H,2,4,6,8,10-11H2,1H3,(H2,19,23)(H,20,21)/t12-,14+/m1/s1. The van der Waals surface area contributed by atoms with Gasteiger partial charge in [0.2, 0.25) is 0 Å². The number of primary amides is 1. The maximum atomic E-state index is 11.9. The Morgan fingerprint density at radius 3 is 2.60 bits per heavy atom. The quantitative estimate of drug-likeness (QED) is 0.724. The summed E-state index contributed by atoms with van der Waals surface area (Å²) in [6.45, 7) is 1.36. The van der Waals surface area contributed by atoms with Crippen LogP contribution in [0.5, 0.6) is 5.75 Å². The van der Waals surface area contributed by atoms with Crippen molar-refractivity contribution in [2.75, 3.05) is 13.2 Å². The van der Waals surface area contributed by atoms with Gasteiger partial charge < -0.3 is 20.5 Å². The van der Waals surface area contributed by atoms with Gasteiger partial charge in [0, 0.05) is 6.04 Å². The highest BCUT2D eigenvalue weighted by Gasteiger charge is 2.23. The van der Waals surface area contributed by atoms with Crippen molar-refractivity contribution in [3.8, 4) is 5.75 Å². The molecule has 2 atom stereocenters. The maximum Gasteiger partial charge on any atom is 0.344 e. The van der Waals surface area contributed by atoms with Crippen molar-refractivity contribution in [2.45, 2.75) is 38.6 Å². The monoisotopic (exact) mass is 348 g/mol. The third-order valence-corrected chi connectivity index (χ3v) is 4.32. The van der Waals surface area contributed by atoms with Crippen LogP contribution in [0.2, 0.25) is 0 Å². The van der Waals surface area contributed by atoms with Gasteiger partial charge >= 0.3 is 5.97 Å². The topological polar surface area (TPSA) is 108 Å². The fourth-order valence-corrected chi connectivity index (χ4v) is 2.90. The highest BCUT2D eigenvalue weighted by atomic mass is 16.6. The van der Waals surface area contributed by atoms with Crippen LogP contribution in [0.15, 0.2) is 24.3 Å². The summed E-state index contributed by atoms with van der Waals surface area (Å²) in [7, 11) is 0. The van der Waals surface area contributed by atoms with Gasteiger partial charge in [-0.3, -0.25) is 9.59 Å². The zero-order chi connectivity index (χ0) is 18.2. The first-order valence-corrected chi connectivity index (χ1v) is 8.44. The molecule has 1 aromatic carbocycles. The molecule has 0 aliphatic heterocycles. The first-order valence-electron chi connectivity index (χ1n) is 8.44. The number of para-hydroxylation sites is 1. The number of amides is 2. The molecule has 2 amide bonds. The second-order valence-electron chi connectivity index (χ2n) is 6.25. The van der Waals surface area contributed by atoms with Crippen LogP contribution in [-0.4, -0.2) is 37.0 Å². The van der Waals surface area contributed by atoms with E-state index in [9.17, 15) is 14.4 Å². The van der Waals surface area contributed by atoms with E-state index in [1.807, 2.05) is 0 Å². The fourth-order valence-electron chi connectivity index (χ4n) is 2.90. The Balaban J connectivity index is 1.73. The SMILES string of the molecule is C[C@@H]1CCCC[C@@H]1NC(=O)COC(=O)COc1ccccc1C(N)=O. The highest BCUT2D eigenvalue weighted by Crippen LogP contribution is 2.23. The van der Waals surface area contributed by atoms with E-state index in [1.165, 1.54) is 18.6 Å². The number of nitrogens with two attached hydrogens (primary N) is 1. The molecule has 1 fully saturated rings. The molecule has 3 N–H and O–H groups in total. The molecule has 0 saturated heterocycles. The van der Waals surface area contributed by atoms with E-state index in [2.05, 4.69) is 12.2 Å². The van der Waals surface area contributed by atoms with Gasteiger partial charge in [-0.1, -0.05) is 31.9 Å². The molecule has 1 saturated carbocycles. The summed E-state index contributed by atoms with van der Waals surface area (Å²) >= 11 is 0. The van der Waals surface area contributed by atoms with Crippen molar-refractivity contribution < 1.29 is 23.9 Å². The second kappa shape index (κ2) is 9.05. The van der Waals surface area contributed by atoms with E-state index in [0.29, 0.717) is 5.92 Å². The lowest BCUT2D eigenvalue weighted by Crippen LogP contribution is -2.43. The van der Waals surface area contributed by atoms with Crippen molar-refractivity contribution >= 4 is 17.8 Å². The van der Waals surface area contributed by atoms with Gasteiger partial charge in [0.05, 0.1) is 5.56 Å². The molecule has 0 unspecified atom stereocenters. The molecule has 1 aliphatic rings. The van der Waals surface area contributed by atoms with Crippen LogP contribution in [0.25, 0.3) is 0 Å². The highest BCUT2D eigenvalue weighted by molar-refractivity contribution is 5.95. The molecule has 136 valence electrons. The smallest absolute Gasteiger partial charge is 0.344 e. The van der Waals surface area contributed by atoms with Gasteiger partial charge in [0.15, 0.2) is 13.2 Å². The first kappa shape index (κ1) is 18.8. The third-order valence-electron chi connectivity index (χ3n) is 4.32. The van der Waals surface area contributed by atoms with Crippen LogP contribution >= 0.6 is 0 Å². The summed E-state index contributed by atoms with van der Waals surface area (Å²) in [4.78, 5) is 34.9. The number of nitrogens with one attached hydrogen (secondary N) is 1. The molecule has 0 radical (unpaired) electrons. The van der Waals surface area contributed by atoms with Crippen molar-refractivity contribution in [1.29, 1.82) is 0 Å². The fraction of sp³-hybridized carbons (Fsp3) is 0.500. The molecule has 1 aromatic rings. The zero-order valence-corrected chi connectivity index (χ0v) is 14.3. The lowest BCUT2D eigenvalue weighted by Gasteiger charge is -2.29. The van der Waals surface area contributed by atoms with Gasteiger partial charge in [-0.05, 0) is 30.9 Å². The van der Waals surface area contributed by atoms with Crippen LogP contribution in [-0.2, 0) is 14.3 Å². The normalized spacial score (nSPS) is 19.7. The van der Waals surface area contributed by atoms with Crippen molar-refractivity contribution in [3.05, 3.63) is 29.8 Å². The van der Waals surface area contributed by atoms with Gasteiger partial charge in [0.25, 0.3) is 11.8 Å². The minimum Gasteiger partial charge on any atom is -0.481 e. The number of carbonyl (C=O) groups is 3. The predicted octanol–water partition coefficient (Wildman–Crippen LogP) is 1.40. The maximum absolute atomic E-state index is 11.9. The largest absolute Gasteiger partial charge is 0.481 e. The van der Waals surface area contributed by atoms with Crippen LogP contribution in [0.3, 0.4) is 0 Å². The molecule has 0 aromatic heterocycles. The number of hydrogen-bond acceptors (Lipinski definition) is 5. The Bertz CT molecular complexity index is 632. The summed E-state index contributed by atoms with van der Waals surface area (Å²) in [6.07, 6.45) is 4.33. The van der Waals surface area contributed by atoms with Crippen molar-refractivity contribution in [1.82, 2.24) is 5.32 Å². The molecule has 7 nitrogen and oxygen atoms in total. The average molecular weight is 348 g/mol. The first-order chi connectivity index (χ1) is 12.0. The van der Waals surface area contributed by atoms with Crippen LogP contribution in [0.1, 0.15) is 43.0 Å². The van der Waals surface area contributed by atoms with Gasteiger partial charge in [-0.2, -0.15) is 0 Å². The molecule has 0 heterocycles. The molecule has 0 bridgehead atoms. The Kier molecular flexibility index (Phi) is 6.80. The van der Waals surface area contributed by atoms with Crippen LogP contribution in [0.4, 0.5) is 0 Å². The zero-order valence-electron chi connectivity index (χ0n) is 14.3. The molecular weight excluding hydrogens is 324 g/mol. The van der Waals surface area contributed by atoms with Gasteiger partial charge in [0.1, 0.15) is 5.75 Å². The summed E-state index contributed by atoms with van der Waals surface area (Å²) in [5.74, 6) is -1.02. The van der Waals surface area contributed by atoms with E-state index in [1.54, 1.807) is 12.1 Å². The molecule has 25 heavy (non-hydrogen) atoms. The van der Waals surface area contributed by atoms with Crippen LogP contribution in [0, 0.1) is 5.92 Å². The predicted molar refractivity (Wildman–Crippen MR) is 91.0 cm³/mol. The summed E-state index contributed by atoms with van der Waals surface area (Å²) in [5.41, 5.74) is 5.41. The number of esters is 1. The van der Waals surface area contributed by atoms with E-state index >= 15 is 0 Å². The van der Waals surface area contributed by atoms with E-state index in [0.717, 1.165) is 19.3 Å². The van der Waals surface area contributed by atoms with E-state index < -0.39 is 18.5 Å². The molecule has 2 rings (SSSR count). The number of benzene rings is 1. The summed E-state index contributed by atoms with van der Waals surface area (Å²) in [5, 5.41) is 2.90. The average Bonchev–Trinajstić information content (AvgIpc) is 2.60. The Labute approximate surface area is 146 Å². The van der Waals surface area contributed by atoms with Crippen molar-refractivity contribution in [2.24, 2.45) is 11.7 Å². The lowest BCUT2D eigenvalue weighted by atomic mass is 9.86. The van der Waals surface area contributed by atoms with Gasteiger partial charge in [-0.25, -0.2) is 4.79 Å². The second-order valence-corrected chi connectivity index (χ2v) is 6.25. The molecule has 7 heteroatoms. The minimum atomic E-state index is -0.689. The molecule has 1 aliphatic carbocycles. The van der Waals surface area contributed by atoms with E-state index in [4.69, 9.17) is 15.2 Å². The minimum absolute atomic E-state index is 0.138. The van der Waals surface area contributed by atoms with E-state index in [-0.39, 0.29) is 29.9 Å². The van der Waals surface area contributed by atoms with Gasteiger partial charge in [-0.15, -0.1) is 0 Å². The summed E-state index contributed by atoms with van der Waals surface area (Å²) < 4.78 is 10.2. The number of ether oxygens (including phenoxy) is 2. The lowest BCUT2D eigenvalue weighted by molar-refractivity contribution is -0.150. The Morgan fingerprint density at radius 2 is 1.88 bits per heavy atom. The van der Waals surface area contributed by atoms with Crippen LogP contribution < -0.4 is 15.8 Å². The number of carbonyl (C=O) groups excluding carboxylic acids is 3. The third kappa shape index (κ3) is 5.77. The number of rotatable bonds is 7. The Hall–Kier alpha value is -2.57. The Morgan fingerprint density at radius 1 is 1.16 bits per heavy atom. The van der Waals surface area contributed by atoms with Crippen molar-refractivity contribution in [3.63, 3.8) is 0 Å².